The van der Waals surface area contributed by atoms with E-state index in [4.69, 9.17) is 9.47 Å². The molecule has 1 aromatic heterocycles. The molecule has 8 heteroatoms. The average Bonchev–Trinajstić information content (AvgIpc) is 3.29. The number of benzene rings is 2. The summed E-state index contributed by atoms with van der Waals surface area (Å²) in [6.45, 7) is 3.94. The van der Waals surface area contributed by atoms with E-state index >= 15 is 0 Å². The van der Waals surface area contributed by atoms with E-state index in [1.807, 2.05) is 36.6 Å². The molecule has 0 saturated heterocycles. The van der Waals surface area contributed by atoms with Crippen LogP contribution in [0.15, 0.2) is 53.4 Å². The summed E-state index contributed by atoms with van der Waals surface area (Å²) in [4.78, 5) is 31.5. The van der Waals surface area contributed by atoms with Gasteiger partial charge >= 0.3 is 0 Å². The lowest BCUT2D eigenvalue weighted by Gasteiger charge is -2.33. The topological polar surface area (TPSA) is 80.8 Å². The lowest BCUT2D eigenvalue weighted by molar-refractivity contribution is -0.125. The molecule has 3 aromatic rings. The maximum absolute atomic E-state index is 13.0. The number of hydrogen-bond donors (Lipinski definition) is 1. The molecule has 4 rings (SSSR count). The van der Waals surface area contributed by atoms with Crippen molar-refractivity contribution in [2.75, 3.05) is 23.4 Å². The number of nitrogens with one attached hydrogen (secondary N) is 1. The maximum atomic E-state index is 13.0. The molecule has 1 unspecified atom stereocenters. The zero-order chi connectivity index (χ0) is 21.1. The van der Waals surface area contributed by atoms with Crippen LogP contribution in [0.25, 0.3) is 11.3 Å². The second kappa shape index (κ2) is 8.54. The van der Waals surface area contributed by atoms with Crippen molar-refractivity contribution in [2.45, 2.75) is 19.9 Å². The summed E-state index contributed by atoms with van der Waals surface area (Å²) in [5.74, 6) is 0.545. The molecule has 0 spiro atoms. The van der Waals surface area contributed by atoms with E-state index in [0.29, 0.717) is 29.5 Å². The van der Waals surface area contributed by atoms with Gasteiger partial charge in [0, 0.05) is 10.9 Å². The first-order valence-corrected chi connectivity index (χ1v) is 10.5. The largest absolute Gasteiger partial charge is 0.492 e. The normalized spacial score (nSPS) is 13.9. The molecule has 2 heterocycles. The Hall–Kier alpha value is -3.39. The van der Waals surface area contributed by atoms with Gasteiger partial charge in [-0.05, 0) is 44.2 Å². The first kappa shape index (κ1) is 19.9. The SMILES string of the molecule is CCOc1ccccc1NC(=O)C(C)N1C(=O)COc2ccc(-c3cscn3)cc21. The molecule has 0 saturated carbocycles. The van der Waals surface area contributed by atoms with Gasteiger partial charge in [0.25, 0.3) is 5.91 Å². The Morgan fingerprint density at radius 2 is 2.17 bits per heavy atom. The fourth-order valence-corrected chi connectivity index (χ4v) is 3.88. The Morgan fingerprint density at radius 1 is 1.33 bits per heavy atom. The van der Waals surface area contributed by atoms with E-state index < -0.39 is 6.04 Å². The smallest absolute Gasteiger partial charge is 0.265 e. The highest BCUT2D eigenvalue weighted by Crippen LogP contribution is 2.37. The summed E-state index contributed by atoms with van der Waals surface area (Å²) >= 11 is 1.49. The van der Waals surface area contributed by atoms with E-state index in [1.54, 1.807) is 30.6 Å². The zero-order valence-electron chi connectivity index (χ0n) is 16.6. The van der Waals surface area contributed by atoms with E-state index in [2.05, 4.69) is 10.3 Å². The Kier molecular flexibility index (Phi) is 5.67. The van der Waals surface area contributed by atoms with Gasteiger partial charge in [-0.2, -0.15) is 0 Å². The molecule has 2 amide bonds. The van der Waals surface area contributed by atoms with Crippen molar-refractivity contribution < 1.29 is 19.1 Å². The molecule has 0 fully saturated rings. The summed E-state index contributed by atoms with van der Waals surface area (Å²) < 4.78 is 11.2. The molecule has 2 aromatic carbocycles. The van der Waals surface area contributed by atoms with Crippen molar-refractivity contribution in [3.63, 3.8) is 0 Å². The standard InChI is InChI=1S/C22H21N3O4S/c1-3-28-19-7-5-4-6-16(19)24-22(27)14(2)25-18-10-15(17-12-30-13-23-17)8-9-20(18)29-11-21(25)26/h4-10,12-14H,3,11H2,1-2H3,(H,24,27). The predicted octanol–water partition coefficient (Wildman–Crippen LogP) is 3.96. The second-order valence-corrected chi connectivity index (χ2v) is 7.42. The minimum absolute atomic E-state index is 0.115. The van der Waals surface area contributed by atoms with Crippen LogP contribution in [0.3, 0.4) is 0 Å². The number of hydrogen-bond acceptors (Lipinski definition) is 6. The highest BCUT2D eigenvalue weighted by atomic mass is 32.1. The third-order valence-electron chi connectivity index (χ3n) is 4.78. The first-order valence-electron chi connectivity index (χ1n) is 9.58. The lowest BCUT2D eigenvalue weighted by atomic mass is 10.1. The number of para-hydroxylation sites is 2. The van der Waals surface area contributed by atoms with E-state index in [-0.39, 0.29) is 18.4 Å². The molecule has 30 heavy (non-hydrogen) atoms. The van der Waals surface area contributed by atoms with E-state index in [9.17, 15) is 9.59 Å². The summed E-state index contributed by atoms with van der Waals surface area (Å²) in [7, 11) is 0. The molecule has 0 bridgehead atoms. The summed E-state index contributed by atoms with van der Waals surface area (Å²) in [5.41, 5.74) is 4.53. The molecular formula is C22H21N3O4S. The number of fused-ring (bicyclic) bond motifs is 1. The van der Waals surface area contributed by atoms with Crippen LogP contribution >= 0.6 is 11.3 Å². The van der Waals surface area contributed by atoms with Crippen LogP contribution in [0.1, 0.15) is 13.8 Å². The van der Waals surface area contributed by atoms with Crippen LogP contribution in [-0.4, -0.2) is 36.1 Å². The number of aromatic nitrogens is 1. The van der Waals surface area contributed by atoms with Gasteiger partial charge in [-0.25, -0.2) is 4.98 Å². The van der Waals surface area contributed by atoms with Crippen molar-refractivity contribution >= 4 is 34.5 Å². The number of carbonyl (C=O) groups excluding carboxylic acids is 2. The number of carbonyl (C=O) groups is 2. The van der Waals surface area contributed by atoms with Gasteiger partial charge in [0.2, 0.25) is 5.91 Å². The third kappa shape index (κ3) is 3.86. The Labute approximate surface area is 178 Å². The second-order valence-electron chi connectivity index (χ2n) is 6.70. The van der Waals surface area contributed by atoms with Crippen LogP contribution in [0, 0.1) is 0 Å². The van der Waals surface area contributed by atoms with Crippen molar-refractivity contribution in [3.8, 4) is 22.8 Å². The summed E-state index contributed by atoms with van der Waals surface area (Å²) in [5, 5.41) is 4.81. The third-order valence-corrected chi connectivity index (χ3v) is 5.36. The minimum atomic E-state index is -0.750. The summed E-state index contributed by atoms with van der Waals surface area (Å²) in [6, 6.07) is 12.0. The number of thiazole rings is 1. The van der Waals surface area contributed by atoms with E-state index in [0.717, 1.165) is 11.3 Å². The number of nitrogens with zero attached hydrogens (tertiary/aromatic N) is 2. The zero-order valence-corrected chi connectivity index (χ0v) is 17.4. The molecular weight excluding hydrogens is 402 g/mol. The van der Waals surface area contributed by atoms with Crippen molar-refractivity contribution in [1.29, 1.82) is 0 Å². The van der Waals surface area contributed by atoms with Crippen LogP contribution in [-0.2, 0) is 9.59 Å². The van der Waals surface area contributed by atoms with Gasteiger partial charge in [-0.15, -0.1) is 11.3 Å². The Balaban J connectivity index is 1.63. The van der Waals surface area contributed by atoms with Gasteiger partial charge < -0.3 is 14.8 Å². The quantitative estimate of drug-likeness (QED) is 0.649. The van der Waals surface area contributed by atoms with Crippen molar-refractivity contribution in [3.05, 3.63) is 53.4 Å². The fourth-order valence-electron chi connectivity index (χ4n) is 3.32. The van der Waals surface area contributed by atoms with Gasteiger partial charge in [0.05, 0.1) is 29.2 Å². The van der Waals surface area contributed by atoms with Gasteiger partial charge in [-0.1, -0.05) is 12.1 Å². The number of ether oxygens (including phenoxy) is 2. The van der Waals surface area contributed by atoms with Crippen LogP contribution in [0.2, 0.25) is 0 Å². The average molecular weight is 423 g/mol. The highest BCUT2D eigenvalue weighted by Gasteiger charge is 2.33. The molecule has 0 radical (unpaired) electrons. The molecule has 1 aliphatic rings. The van der Waals surface area contributed by atoms with Gasteiger partial charge in [-0.3, -0.25) is 14.5 Å². The maximum Gasteiger partial charge on any atom is 0.265 e. The molecule has 1 N–H and O–H groups in total. The first-order chi connectivity index (χ1) is 14.6. The van der Waals surface area contributed by atoms with Crippen LogP contribution in [0.4, 0.5) is 11.4 Å². The minimum Gasteiger partial charge on any atom is -0.492 e. The molecule has 1 aliphatic heterocycles. The molecule has 1 atom stereocenters. The summed E-state index contributed by atoms with van der Waals surface area (Å²) in [6.07, 6.45) is 0. The number of rotatable bonds is 6. The molecule has 154 valence electrons. The van der Waals surface area contributed by atoms with Crippen LogP contribution in [0.5, 0.6) is 11.5 Å². The number of amides is 2. The predicted molar refractivity (Wildman–Crippen MR) is 116 cm³/mol. The lowest BCUT2D eigenvalue weighted by Crippen LogP contribution is -2.49. The van der Waals surface area contributed by atoms with Crippen LogP contribution < -0.4 is 19.7 Å². The van der Waals surface area contributed by atoms with Crippen molar-refractivity contribution in [2.24, 2.45) is 0 Å². The van der Waals surface area contributed by atoms with Gasteiger partial charge in [0.15, 0.2) is 6.61 Å². The monoisotopic (exact) mass is 423 g/mol. The van der Waals surface area contributed by atoms with Crippen molar-refractivity contribution in [1.82, 2.24) is 4.98 Å². The Bertz CT molecular complexity index is 1070. The molecule has 0 aliphatic carbocycles. The van der Waals surface area contributed by atoms with E-state index in [1.165, 1.54) is 16.2 Å². The molecule has 7 nitrogen and oxygen atoms in total. The number of anilines is 2. The van der Waals surface area contributed by atoms with Gasteiger partial charge in [0.1, 0.15) is 17.5 Å². The fraction of sp³-hybridized carbons (Fsp3) is 0.227. The Morgan fingerprint density at radius 3 is 2.93 bits per heavy atom. The highest BCUT2D eigenvalue weighted by molar-refractivity contribution is 7.07.